The molecule has 4 rings (SSSR count). The van der Waals surface area contributed by atoms with Gasteiger partial charge < -0.3 is 5.32 Å². The van der Waals surface area contributed by atoms with E-state index in [2.05, 4.69) is 37.5 Å². The van der Waals surface area contributed by atoms with Crippen LogP contribution in [0.2, 0.25) is 0 Å². The molecule has 0 aliphatic carbocycles. The third kappa shape index (κ3) is 2.80. The average Bonchev–Trinajstić information content (AvgIpc) is 3.16. The van der Waals surface area contributed by atoms with E-state index >= 15 is 0 Å². The number of pyridine rings is 1. The number of fused-ring (bicyclic) bond motifs is 2. The Kier molecular flexibility index (Phi) is 3.51. The molecule has 1 aromatic carbocycles. The van der Waals surface area contributed by atoms with Crippen molar-refractivity contribution >= 4 is 16.9 Å². The quantitative estimate of drug-likeness (QED) is 0.767. The molecule has 6 nitrogen and oxygen atoms in total. The van der Waals surface area contributed by atoms with E-state index in [9.17, 15) is 4.79 Å². The lowest BCUT2D eigenvalue weighted by Crippen LogP contribution is -2.34. The molecule has 2 aromatic heterocycles. The van der Waals surface area contributed by atoms with E-state index in [4.69, 9.17) is 0 Å². The van der Waals surface area contributed by atoms with Crippen LogP contribution in [0.4, 0.5) is 0 Å². The highest BCUT2D eigenvalue weighted by molar-refractivity contribution is 5.80. The minimum absolute atomic E-state index is 0.0180. The Labute approximate surface area is 133 Å². The van der Waals surface area contributed by atoms with Crippen LogP contribution < -0.4 is 5.32 Å². The van der Waals surface area contributed by atoms with Gasteiger partial charge in [0.15, 0.2) is 5.65 Å². The number of aromatic nitrogens is 3. The number of H-pyrrole nitrogens is 1. The SMILES string of the molecule is O=C(CN1Cc2ccccc2C1)NCc1[nH]nc2ncccc12. The van der Waals surface area contributed by atoms with E-state index in [0.717, 1.165) is 24.2 Å². The maximum Gasteiger partial charge on any atom is 0.234 e. The zero-order valence-electron chi connectivity index (χ0n) is 12.6. The molecule has 0 atom stereocenters. The lowest BCUT2D eigenvalue weighted by atomic mass is 10.1. The summed E-state index contributed by atoms with van der Waals surface area (Å²) in [4.78, 5) is 18.5. The lowest BCUT2D eigenvalue weighted by Gasteiger charge is -2.14. The average molecular weight is 307 g/mol. The Morgan fingerprint density at radius 2 is 1.96 bits per heavy atom. The number of carbonyl (C=O) groups excluding carboxylic acids is 1. The smallest absolute Gasteiger partial charge is 0.234 e. The summed E-state index contributed by atoms with van der Waals surface area (Å²) in [5.74, 6) is 0.0180. The molecular formula is C17H17N5O. The summed E-state index contributed by atoms with van der Waals surface area (Å²) in [5.41, 5.74) is 4.18. The maximum atomic E-state index is 12.2. The van der Waals surface area contributed by atoms with E-state index in [1.807, 2.05) is 24.3 Å². The number of hydrogen-bond donors (Lipinski definition) is 2. The summed E-state index contributed by atoms with van der Waals surface area (Å²) in [5, 5.41) is 11.0. The highest BCUT2D eigenvalue weighted by Gasteiger charge is 2.20. The second kappa shape index (κ2) is 5.81. The number of benzene rings is 1. The molecule has 1 aliphatic rings. The molecule has 23 heavy (non-hydrogen) atoms. The molecule has 0 spiro atoms. The topological polar surface area (TPSA) is 73.9 Å². The summed E-state index contributed by atoms with van der Waals surface area (Å²) >= 11 is 0. The fraction of sp³-hybridized carbons (Fsp3) is 0.235. The van der Waals surface area contributed by atoms with Crippen LogP contribution >= 0.6 is 0 Å². The van der Waals surface area contributed by atoms with Crippen molar-refractivity contribution in [2.24, 2.45) is 0 Å². The van der Waals surface area contributed by atoms with Crippen LogP contribution in [-0.2, 0) is 24.4 Å². The molecule has 0 bridgehead atoms. The Balaban J connectivity index is 1.35. The molecule has 2 N–H and O–H groups in total. The summed E-state index contributed by atoms with van der Waals surface area (Å²) in [6, 6.07) is 12.1. The van der Waals surface area contributed by atoms with E-state index < -0.39 is 0 Å². The van der Waals surface area contributed by atoms with Gasteiger partial charge in [-0.05, 0) is 23.3 Å². The van der Waals surface area contributed by atoms with Gasteiger partial charge in [-0.3, -0.25) is 14.8 Å². The predicted octanol–water partition coefficient (Wildman–Crippen LogP) is 1.59. The van der Waals surface area contributed by atoms with Crippen LogP contribution in [0, 0.1) is 0 Å². The first-order valence-electron chi connectivity index (χ1n) is 7.63. The highest BCUT2D eigenvalue weighted by atomic mass is 16.2. The summed E-state index contributed by atoms with van der Waals surface area (Å²) in [6.07, 6.45) is 1.70. The Hall–Kier alpha value is -2.73. The van der Waals surface area contributed by atoms with Crippen molar-refractivity contribution in [3.63, 3.8) is 0 Å². The second-order valence-electron chi connectivity index (χ2n) is 5.77. The number of rotatable bonds is 4. The highest BCUT2D eigenvalue weighted by Crippen LogP contribution is 2.21. The van der Waals surface area contributed by atoms with Gasteiger partial charge in [0, 0.05) is 24.7 Å². The molecule has 0 unspecified atom stereocenters. The minimum atomic E-state index is 0.0180. The van der Waals surface area contributed by atoms with Gasteiger partial charge >= 0.3 is 0 Å². The standard InChI is InChI=1S/C17H17N5O/c23-16(11-22-9-12-4-1-2-5-13(12)10-22)19-8-15-14-6-3-7-18-17(14)21-20-15/h1-7H,8-11H2,(H,19,23)(H,18,20,21). The largest absolute Gasteiger partial charge is 0.349 e. The first-order chi connectivity index (χ1) is 11.3. The van der Waals surface area contributed by atoms with Crippen LogP contribution in [-0.4, -0.2) is 32.5 Å². The normalized spacial score (nSPS) is 14.1. The number of hydrogen-bond acceptors (Lipinski definition) is 4. The van der Waals surface area contributed by atoms with E-state index in [1.54, 1.807) is 6.20 Å². The molecule has 3 heterocycles. The van der Waals surface area contributed by atoms with Crippen molar-refractivity contribution in [1.82, 2.24) is 25.4 Å². The molecule has 1 amide bonds. The van der Waals surface area contributed by atoms with Crippen LogP contribution in [0.15, 0.2) is 42.6 Å². The third-order valence-electron chi connectivity index (χ3n) is 4.14. The van der Waals surface area contributed by atoms with Gasteiger partial charge in [0.1, 0.15) is 0 Å². The van der Waals surface area contributed by atoms with Crippen LogP contribution in [0.5, 0.6) is 0 Å². The maximum absolute atomic E-state index is 12.2. The monoisotopic (exact) mass is 307 g/mol. The number of aromatic amines is 1. The van der Waals surface area contributed by atoms with Crippen LogP contribution in [0.3, 0.4) is 0 Å². The van der Waals surface area contributed by atoms with E-state index in [1.165, 1.54) is 11.1 Å². The van der Waals surface area contributed by atoms with Crippen molar-refractivity contribution < 1.29 is 4.79 Å². The van der Waals surface area contributed by atoms with Gasteiger partial charge in [0.05, 0.1) is 18.8 Å². The first kappa shape index (κ1) is 13.9. The molecule has 6 heteroatoms. The molecule has 0 radical (unpaired) electrons. The van der Waals surface area contributed by atoms with Crippen LogP contribution in [0.25, 0.3) is 11.0 Å². The molecule has 0 saturated carbocycles. The predicted molar refractivity (Wildman–Crippen MR) is 86.3 cm³/mol. The zero-order valence-corrected chi connectivity index (χ0v) is 12.6. The van der Waals surface area contributed by atoms with Crippen molar-refractivity contribution in [2.75, 3.05) is 6.54 Å². The Morgan fingerprint density at radius 3 is 2.74 bits per heavy atom. The van der Waals surface area contributed by atoms with Gasteiger partial charge in [-0.15, -0.1) is 0 Å². The molecule has 3 aromatic rings. The number of carbonyl (C=O) groups is 1. The Morgan fingerprint density at radius 1 is 1.17 bits per heavy atom. The Bertz CT molecular complexity index is 832. The fourth-order valence-electron chi connectivity index (χ4n) is 3.00. The molecule has 0 fully saturated rings. The van der Waals surface area contributed by atoms with Crippen molar-refractivity contribution in [1.29, 1.82) is 0 Å². The number of nitrogens with zero attached hydrogens (tertiary/aromatic N) is 3. The van der Waals surface area contributed by atoms with Gasteiger partial charge in [-0.25, -0.2) is 4.98 Å². The van der Waals surface area contributed by atoms with E-state index in [-0.39, 0.29) is 5.91 Å². The second-order valence-corrected chi connectivity index (χ2v) is 5.77. The molecular weight excluding hydrogens is 290 g/mol. The molecule has 1 aliphatic heterocycles. The number of nitrogens with one attached hydrogen (secondary N) is 2. The number of amides is 1. The zero-order chi connectivity index (χ0) is 15.6. The van der Waals surface area contributed by atoms with Crippen molar-refractivity contribution in [3.05, 3.63) is 59.4 Å². The first-order valence-corrected chi connectivity index (χ1v) is 7.63. The van der Waals surface area contributed by atoms with Gasteiger partial charge in [0.2, 0.25) is 5.91 Å². The fourth-order valence-corrected chi connectivity index (χ4v) is 3.00. The summed E-state index contributed by atoms with van der Waals surface area (Å²) in [7, 11) is 0. The van der Waals surface area contributed by atoms with E-state index in [0.29, 0.717) is 18.7 Å². The van der Waals surface area contributed by atoms with Gasteiger partial charge in [-0.1, -0.05) is 24.3 Å². The van der Waals surface area contributed by atoms with Gasteiger partial charge in [-0.2, -0.15) is 5.10 Å². The third-order valence-corrected chi connectivity index (χ3v) is 4.14. The summed E-state index contributed by atoms with van der Waals surface area (Å²) < 4.78 is 0. The minimum Gasteiger partial charge on any atom is -0.349 e. The lowest BCUT2D eigenvalue weighted by molar-refractivity contribution is -0.122. The molecule has 0 saturated heterocycles. The van der Waals surface area contributed by atoms with Crippen molar-refractivity contribution in [2.45, 2.75) is 19.6 Å². The van der Waals surface area contributed by atoms with Crippen molar-refractivity contribution in [3.8, 4) is 0 Å². The molecule has 116 valence electrons. The summed E-state index contributed by atoms with van der Waals surface area (Å²) in [6.45, 7) is 2.50. The van der Waals surface area contributed by atoms with Crippen LogP contribution in [0.1, 0.15) is 16.8 Å². The van der Waals surface area contributed by atoms with Gasteiger partial charge in [0.25, 0.3) is 0 Å².